The first-order chi connectivity index (χ1) is 13.7. The molecular formula is C20H24Cl2FNO5. The maximum absolute atomic E-state index is 15.2. The van der Waals surface area contributed by atoms with Crippen LogP contribution in [0.15, 0.2) is 18.2 Å². The molecule has 5 atom stereocenters. The molecule has 2 saturated carbocycles. The summed E-state index contributed by atoms with van der Waals surface area (Å²) in [7, 11) is 1.10. The van der Waals surface area contributed by atoms with Crippen LogP contribution in [0.3, 0.4) is 0 Å². The number of unbranched alkanes of at least 4 members (excludes halogenated alkanes) is 1. The molecule has 2 fully saturated rings. The van der Waals surface area contributed by atoms with E-state index >= 15 is 4.39 Å². The van der Waals surface area contributed by atoms with Gasteiger partial charge in [-0.05, 0) is 30.5 Å². The Balaban J connectivity index is 1.78. The van der Waals surface area contributed by atoms with Gasteiger partial charge in [0, 0.05) is 11.8 Å². The van der Waals surface area contributed by atoms with Crippen molar-refractivity contribution in [2.24, 2.45) is 17.6 Å². The van der Waals surface area contributed by atoms with Crippen LogP contribution >= 0.6 is 23.2 Å². The van der Waals surface area contributed by atoms with Crippen LogP contribution in [0.5, 0.6) is 0 Å². The second-order valence-corrected chi connectivity index (χ2v) is 8.36. The van der Waals surface area contributed by atoms with Crippen molar-refractivity contribution < 1.29 is 28.2 Å². The molecule has 6 nitrogen and oxygen atoms in total. The number of ether oxygens (including phenoxy) is 3. The van der Waals surface area contributed by atoms with E-state index in [-0.39, 0.29) is 19.6 Å². The van der Waals surface area contributed by atoms with Gasteiger partial charge < -0.3 is 19.9 Å². The molecule has 2 N–H and O–H groups in total. The molecule has 2 aliphatic rings. The van der Waals surface area contributed by atoms with Crippen molar-refractivity contribution in [3.8, 4) is 0 Å². The highest BCUT2D eigenvalue weighted by atomic mass is 35.5. The molecule has 0 radical (unpaired) electrons. The van der Waals surface area contributed by atoms with Crippen molar-refractivity contribution in [1.29, 1.82) is 0 Å². The fourth-order valence-electron chi connectivity index (χ4n) is 4.20. The quantitative estimate of drug-likeness (QED) is 0.484. The predicted octanol–water partition coefficient (Wildman–Crippen LogP) is 3.45. The zero-order valence-electron chi connectivity index (χ0n) is 16.3. The Labute approximate surface area is 178 Å². The van der Waals surface area contributed by atoms with Crippen LogP contribution in [0.2, 0.25) is 10.0 Å². The lowest BCUT2D eigenvalue weighted by molar-refractivity contribution is -0.162. The summed E-state index contributed by atoms with van der Waals surface area (Å²) in [4.78, 5) is 24.8. The van der Waals surface area contributed by atoms with Gasteiger partial charge in [0.25, 0.3) is 0 Å². The SMILES string of the molecule is CCCCOC(=O)[C@@]1(N)[C@H]2[C@@H](C[C@H]1OCc1ccc(Cl)c(Cl)c1)[C@]2(F)C(=O)OC. The van der Waals surface area contributed by atoms with Crippen LogP contribution in [0.25, 0.3) is 0 Å². The first-order valence-corrected chi connectivity index (χ1v) is 10.3. The van der Waals surface area contributed by atoms with Gasteiger partial charge in [-0.2, -0.15) is 0 Å². The summed E-state index contributed by atoms with van der Waals surface area (Å²) < 4.78 is 31.0. The van der Waals surface area contributed by atoms with Crippen LogP contribution in [0, 0.1) is 11.8 Å². The standard InChI is InChI=1S/C20H24Cl2FNO5/c1-3-4-7-28-18(26)20(24)15(9-12-16(20)19(12,23)17(25)27-2)29-10-11-5-6-13(21)14(22)8-11/h5-6,8,12,15-16H,3-4,7,9-10,24H2,1-2H3/t12-,15-,16+,19-,20+/m1/s1. The average Bonchev–Trinajstić information content (AvgIpc) is 3.17. The molecule has 3 rings (SSSR count). The summed E-state index contributed by atoms with van der Waals surface area (Å²) in [6, 6.07) is 5.01. The molecule has 0 aromatic heterocycles. The number of fused-ring (bicyclic) bond motifs is 1. The third-order valence-corrected chi connectivity index (χ3v) is 6.56. The highest BCUT2D eigenvalue weighted by Gasteiger charge is 2.85. The predicted molar refractivity (Wildman–Crippen MR) is 105 cm³/mol. The van der Waals surface area contributed by atoms with Gasteiger partial charge >= 0.3 is 11.9 Å². The number of halogens is 3. The number of esters is 2. The van der Waals surface area contributed by atoms with E-state index in [0.29, 0.717) is 16.5 Å². The highest BCUT2D eigenvalue weighted by Crippen LogP contribution is 2.67. The largest absolute Gasteiger partial charge is 0.467 e. The minimum absolute atomic E-state index is 0.0969. The zero-order valence-corrected chi connectivity index (χ0v) is 17.8. The topological polar surface area (TPSA) is 87.9 Å². The van der Waals surface area contributed by atoms with Gasteiger partial charge in [0.1, 0.15) is 5.54 Å². The zero-order chi connectivity index (χ0) is 21.4. The smallest absolute Gasteiger partial charge is 0.344 e. The second-order valence-electron chi connectivity index (χ2n) is 7.55. The second kappa shape index (κ2) is 8.38. The number of rotatable bonds is 8. The third-order valence-electron chi connectivity index (χ3n) is 5.82. The molecule has 1 aromatic carbocycles. The van der Waals surface area contributed by atoms with Gasteiger partial charge in [0.15, 0.2) is 0 Å². The van der Waals surface area contributed by atoms with Crippen molar-refractivity contribution in [2.45, 2.75) is 50.1 Å². The van der Waals surface area contributed by atoms with Crippen molar-refractivity contribution in [3.63, 3.8) is 0 Å². The highest BCUT2D eigenvalue weighted by molar-refractivity contribution is 6.42. The van der Waals surface area contributed by atoms with Crippen molar-refractivity contribution in [3.05, 3.63) is 33.8 Å². The van der Waals surface area contributed by atoms with Crippen molar-refractivity contribution >= 4 is 35.1 Å². The molecule has 2 aliphatic carbocycles. The number of carbonyl (C=O) groups excluding carboxylic acids is 2. The Hall–Kier alpha value is -1.41. The molecule has 160 valence electrons. The monoisotopic (exact) mass is 447 g/mol. The van der Waals surface area contributed by atoms with E-state index in [1.165, 1.54) is 0 Å². The number of nitrogens with two attached hydrogens (primary N) is 1. The molecule has 1 aromatic rings. The van der Waals surface area contributed by atoms with Gasteiger partial charge in [-0.1, -0.05) is 42.6 Å². The van der Waals surface area contributed by atoms with E-state index in [2.05, 4.69) is 4.74 Å². The van der Waals surface area contributed by atoms with Gasteiger partial charge in [0.05, 0.1) is 36.5 Å². The molecule has 0 saturated heterocycles. The molecule has 0 spiro atoms. The van der Waals surface area contributed by atoms with Gasteiger partial charge in [-0.3, -0.25) is 0 Å². The Kier molecular flexibility index (Phi) is 6.44. The number of benzene rings is 1. The summed E-state index contributed by atoms with van der Waals surface area (Å²) in [5, 5.41) is 0.777. The fourth-order valence-corrected chi connectivity index (χ4v) is 4.52. The van der Waals surface area contributed by atoms with Crippen molar-refractivity contribution in [2.75, 3.05) is 13.7 Å². The summed E-state index contributed by atoms with van der Waals surface area (Å²) in [6.07, 6.45) is 0.776. The lowest BCUT2D eigenvalue weighted by atomic mass is 9.87. The lowest BCUT2D eigenvalue weighted by Gasteiger charge is -2.33. The van der Waals surface area contributed by atoms with Crippen LogP contribution in [-0.2, 0) is 30.4 Å². The van der Waals surface area contributed by atoms with E-state index in [1.807, 2.05) is 6.92 Å². The van der Waals surface area contributed by atoms with Gasteiger partial charge in [0.2, 0.25) is 5.67 Å². The molecule has 0 unspecified atom stereocenters. The fraction of sp³-hybridized carbons (Fsp3) is 0.600. The Morgan fingerprint density at radius 3 is 2.62 bits per heavy atom. The van der Waals surface area contributed by atoms with Gasteiger partial charge in [-0.15, -0.1) is 0 Å². The minimum atomic E-state index is -2.29. The number of hydrogen-bond acceptors (Lipinski definition) is 6. The summed E-state index contributed by atoms with van der Waals surface area (Å²) in [5.74, 6) is -3.58. The van der Waals surface area contributed by atoms with E-state index in [9.17, 15) is 9.59 Å². The van der Waals surface area contributed by atoms with Crippen molar-refractivity contribution in [1.82, 2.24) is 0 Å². The van der Waals surface area contributed by atoms with Gasteiger partial charge in [-0.25, -0.2) is 14.0 Å². The van der Waals surface area contributed by atoms with Crippen LogP contribution in [0.1, 0.15) is 31.7 Å². The summed E-state index contributed by atoms with van der Waals surface area (Å²) in [6.45, 7) is 2.22. The molecule has 29 heavy (non-hydrogen) atoms. The lowest BCUT2D eigenvalue weighted by Crippen LogP contribution is -2.61. The summed E-state index contributed by atoms with van der Waals surface area (Å²) in [5.41, 5.74) is 3.05. The number of hydrogen-bond donors (Lipinski definition) is 1. The molecule has 0 aliphatic heterocycles. The first kappa shape index (κ1) is 22.3. The Bertz CT molecular complexity index is 809. The van der Waals surface area contributed by atoms with E-state index < -0.39 is 41.1 Å². The maximum Gasteiger partial charge on any atom is 0.344 e. The molecular weight excluding hydrogens is 424 g/mol. The normalized spacial score (nSPS) is 32.6. The first-order valence-electron chi connectivity index (χ1n) is 9.50. The van der Waals surface area contributed by atoms with Crippen LogP contribution in [0.4, 0.5) is 4.39 Å². The minimum Gasteiger partial charge on any atom is -0.467 e. The third kappa shape index (κ3) is 3.74. The van der Waals surface area contributed by atoms with E-state index in [0.717, 1.165) is 19.1 Å². The molecule has 0 amide bonds. The number of alkyl halides is 1. The van der Waals surface area contributed by atoms with E-state index in [4.69, 9.17) is 38.4 Å². The number of carbonyl (C=O) groups is 2. The maximum atomic E-state index is 15.2. The molecule has 0 heterocycles. The van der Waals surface area contributed by atoms with Crippen LogP contribution in [-0.4, -0.2) is 43.0 Å². The van der Waals surface area contributed by atoms with Crippen LogP contribution < -0.4 is 5.73 Å². The Morgan fingerprint density at radius 1 is 1.28 bits per heavy atom. The number of methoxy groups -OCH3 is 1. The average molecular weight is 448 g/mol. The van der Waals surface area contributed by atoms with E-state index in [1.54, 1.807) is 18.2 Å². The summed E-state index contributed by atoms with van der Waals surface area (Å²) >= 11 is 11.9. The molecule has 0 bridgehead atoms. The molecule has 9 heteroatoms. The Morgan fingerprint density at radius 2 is 2.00 bits per heavy atom.